The molecule has 4 rings (SSSR count). The van der Waals surface area contributed by atoms with Crippen molar-refractivity contribution in [2.45, 2.75) is 25.2 Å². The number of aromatic amines is 1. The smallest absolute Gasteiger partial charge is 0.243 e. The molecule has 1 aromatic carbocycles. The van der Waals surface area contributed by atoms with Crippen LogP contribution in [0.2, 0.25) is 4.34 Å². The highest BCUT2D eigenvalue weighted by molar-refractivity contribution is 7.93. The Labute approximate surface area is 216 Å². The Morgan fingerprint density at radius 1 is 1.17 bits per heavy atom. The number of nitrogens with one attached hydrogen (secondary N) is 2. The van der Waals surface area contributed by atoms with Gasteiger partial charge < -0.3 is 14.2 Å². The molecule has 0 amide bonds. The molecule has 3 aromatic heterocycles. The third kappa shape index (κ3) is 4.89. The number of anilines is 1. The number of hydrogen-bond donors (Lipinski definition) is 2. The minimum Gasteiger partial charge on any atom is -0.494 e. The van der Waals surface area contributed by atoms with Crippen molar-refractivity contribution >= 4 is 38.9 Å². The number of thiazole rings is 1. The fourth-order valence-corrected chi connectivity index (χ4v) is 5.92. The zero-order valence-corrected chi connectivity index (χ0v) is 22.4. The molecule has 12 nitrogen and oxygen atoms in total. The summed E-state index contributed by atoms with van der Waals surface area (Å²) in [6.07, 6.45) is 0.578. The number of halogens is 1. The van der Waals surface area contributed by atoms with Crippen LogP contribution in [-0.2, 0) is 14.8 Å². The zero-order chi connectivity index (χ0) is 26.0. The first-order chi connectivity index (χ1) is 17.2. The second-order valence-electron chi connectivity index (χ2n) is 7.64. The van der Waals surface area contributed by atoms with Crippen LogP contribution in [0.1, 0.15) is 23.7 Å². The van der Waals surface area contributed by atoms with E-state index in [-0.39, 0.29) is 11.8 Å². The third-order valence-electron chi connectivity index (χ3n) is 5.37. The summed E-state index contributed by atoms with van der Waals surface area (Å²) >= 11 is 7.14. The summed E-state index contributed by atoms with van der Waals surface area (Å²) in [5.74, 6) is 0.988. The summed E-state index contributed by atoms with van der Waals surface area (Å²) in [5.41, 5.74) is 1.62. The second-order valence-corrected chi connectivity index (χ2v) is 11.4. The Morgan fingerprint density at radius 2 is 1.86 bits per heavy atom. The van der Waals surface area contributed by atoms with E-state index in [1.165, 1.54) is 39.0 Å². The summed E-state index contributed by atoms with van der Waals surface area (Å²) in [7, 11) is 0.318. The van der Waals surface area contributed by atoms with Gasteiger partial charge in [-0.15, -0.1) is 21.5 Å². The van der Waals surface area contributed by atoms with Gasteiger partial charge in [-0.2, -0.15) is 5.10 Å². The lowest BCUT2D eigenvalue weighted by molar-refractivity contribution is 0.102. The molecule has 0 fully saturated rings. The first-order valence-electron chi connectivity index (χ1n) is 10.5. The first-order valence-corrected chi connectivity index (χ1v) is 13.3. The lowest BCUT2D eigenvalue weighted by atomic mass is 10.2. The van der Waals surface area contributed by atoms with Gasteiger partial charge in [0, 0.05) is 12.8 Å². The number of ether oxygens (including phenoxy) is 3. The van der Waals surface area contributed by atoms with Gasteiger partial charge in [-0.05, 0) is 32.0 Å². The molecule has 2 unspecified atom stereocenters. The van der Waals surface area contributed by atoms with Gasteiger partial charge in [-0.1, -0.05) is 17.7 Å². The Morgan fingerprint density at radius 3 is 2.39 bits per heavy atom. The lowest BCUT2D eigenvalue weighted by Gasteiger charge is -2.22. The van der Waals surface area contributed by atoms with E-state index < -0.39 is 21.4 Å². The maximum Gasteiger partial charge on any atom is 0.243 e. The average Bonchev–Trinajstić information content (AvgIpc) is 3.58. The standard InChI is InChI=1S/C21H24ClN7O5S2/c1-11-9-13(25-24-11)19-26-27-21(29(19)17-14(32-3)7-6-8-15(17)33-4)28-36(30,31)12(2)18(34-5)20-23-10-16(22)35-20/h6-10,12,18H,1-5H3,(H,24,25)(H,27,28). The molecule has 0 saturated heterocycles. The van der Waals surface area contributed by atoms with Crippen LogP contribution in [0.3, 0.4) is 0 Å². The van der Waals surface area contributed by atoms with Crippen LogP contribution in [-0.4, -0.2) is 64.9 Å². The number of rotatable bonds is 10. The van der Waals surface area contributed by atoms with E-state index in [2.05, 4.69) is 30.1 Å². The molecule has 36 heavy (non-hydrogen) atoms. The van der Waals surface area contributed by atoms with Gasteiger partial charge in [0.05, 0.1) is 20.4 Å². The Kier molecular flexibility index (Phi) is 7.49. The second kappa shape index (κ2) is 10.4. The Hall–Kier alpha value is -3.20. The molecule has 0 aliphatic carbocycles. The fourth-order valence-electron chi connectivity index (χ4n) is 3.59. The topological polar surface area (TPSA) is 146 Å². The highest BCUT2D eigenvalue weighted by Gasteiger charge is 2.35. The van der Waals surface area contributed by atoms with Crippen molar-refractivity contribution in [1.29, 1.82) is 0 Å². The van der Waals surface area contributed by atoms with Crippen molar-refractivity contribution in [3.05, 3.63) is 45.5 Å². The molecule has 0 bridgehead atoms. The van der Waals surface area contributed by atoms with Crippen molar-refractivity contribution in [1.82, 2.24) is 29.9 Å². The molecule has 0 radical (unpaired) electrons. The quantitative estimate of drug-likeness (QED) is 0.300. The minimum atomic E-state index is -4.08. The van der Waals surface area contributed by atoms with Gasteiger partial charge in [0.2, 0.25) is 16.0 Å². The van der Waals surface area contributed by atoms with Crippen LogP contribution in [0, 0.1) is 6.92 Å². The summed E-state index contributed by atoms with van der Waals surface area (Å²) in [6, 6.07) is 6.94. The number of methoxy groups -OCH3 is 3. The number of benzene rings is 1. The summed E-state index contributed by atoms with van der Waals surface area (Å²) in [6.45, 7) is 3.34. The van der Waals surface area contributed by atoms with Crippen LogP contribution >= 0.6 is 22.9 Å². The van der Waals surface area contributed by atoms with E-state index in [1.54, 1.807) is 24.3 Å². The van der Waals surface area contributed by atoms with E-state index in [1.807, 2.05) is 6.92 Å². The predicted octanol–water partition coefficient (Wildman–Crippen LogP) is 3.61. The van der Waals surface area contributed by atoms with Crippen molar-refractivity contribution in [3.8, 4) is 28.7 Å². The van der Waals surface area contributed by atoms with Gasteiger partial charge in [-0.3, -0.25) is 14.4 Å². The minimum absolute atomic E-state index is 0.0904. The highest BCUT2D eigenvalue weighted by atomic mass is 35.5. The molecule has 0 aliphatic heterocycles. The molecule has 0 saturated carbocycles. The molecule has 0 aliphatic rings. The molecule has 15 heteroatoms. The van der Waals surface area contributed by atoms with Crippen molar-refractivity contribution in [2.75, 3.05) is 26.1 Å². The maximum atomic E-state index is 13.5. The summed E-state index contributed by atoms with van der Waals surface area (Å²) in [5, 5.41) is 14.9. The van der Waals surface area contributed by atoms with E-state index >= 15 is 0 Å². The van der Waals surface area contributed by atoms with Gasteiger partial charge in [0.1, 0.15) is 43.6 Å². The first kappa shape index (κ1) is 25.9. The number of para-hydroxylation sites is 1. The number of nitrogens with zero attached hydrogens (tertiary/aromatic N) is 5. The monoisotopic (exact) mass is 553 g/mol. The van der Waals surface area contributed by atoms with E-state index in [4.69, 9.17) is 25.8 Å². The normalized spacial score (nSPS) is 13.4. The van der Waals surface area contributed by atoms with E-state index in [0.29, 0.717) is 32.2 Å². The van der Waals surface area contributed by atoms with Gasteiger partial charge in [0.25, 0.3) is 0 Å². The van der Waals surface area contributed by atoms with Gasteiger partial charge in [-0.25, -0.2) is 13.4 Å². The van der Waals surface area contributed by atoms with Crippen molar-refractivity contribution in [2.24, 2.45) is 0 Å². The number of H-pyrrole nitrogens is 1. The maximum absolute atomic E-state index is 13.5. The molecule has 3 heterocycles. The van der Waals surface area contributed by atoms with Crippen LogP contribution in [0.25, 0.3) is 17.2 Å². The largest absolute Gasteiger partial charge is 0.494 e. The molecular weight excluding hydrogens is 530 g/mol. The van der Waals surface area contributed by atoms with Gasteiger partial charge in [0.15, 0.2) is 5.82 Å². The number of hydrogen-bond acceptors (Lipinski definition) is 10. The van der Waals surface area contributed by atoms with Crippen LogP contribution in [0.5, 0.6) is 11.5 Å². The predicted molar refractivity (Wildman–Crippen MR) is 136 cm³/mol. The molecule has 2 atom stereocenters. The average molecular weight is 554 g/mol. The van der Waals surface area contributed by atoms with Crippen molar-refractivity contribution in [3.63, 3.8) is 0 Å². The van der Waals surface area contributed by atoms with Crippen LogP contribution < -0.4 is 14.2 Å². The van der Waals surface area contributed by atoms with Crippen molar-refractivity contribution < 1.29 is 22.6 Å². The molecule has 2 N–H and O–H groups in total. The molecular formula is C21H24ClN7O5S2. The SMILES string of the molecule is COc1cccc(OC)c1-n1c(NS(=O)(=O)C(C)C(OC)c2ncc(Cl)s2)nnc1-c1cc(C)[nH]n1. The number of aromatic nitrogens is 6. The Balaban J connectivity index is 1.83. The Bertz CT molecular complexity index is 1440. The van der Waals surface area contributed by atoms with E-state index in [9.17, 15) is 8.42 Å². The van der Waals surface area contributed by atoms with E-state index in [0.717, 1.165) is 17.0 Å². The van der Waals surface area contributed by atoms with Crippen LogP contribution in [0.15, 0.2) is 30.5 Å². The van der Waals surface area contributed by atoms with Gasteiger partial charge >= 0.3 is 0 Å². The molecule has 4 aromatic rings. The number of sulfonamides is 1. The lowest BCUT2D eigenvalue weighted by Crippen LogP contribution is -2.32. The molecule has 192 valence electrons. The third-order valence-corrected chi connectivity index (χ3v) is 8.24. The molecule has 0 spiro atoms. The summed E-state index contributed by atoms with van der Waals surface area (Å²) in [4.78, 5) is 4.18. The van der Waals surface area contributed by atoms with Crippen LogP contribution in [0.4, 0.5) is 5.95 Å². The summed E-state index contributed by atoms with van der Waals surface area (Å²) < 4.78 is 48.1. The fraction of sp³-hybridized carbons (Fsp3) is 0.333. The zero-order valence-electron chi connectivity index (χ0n) is 20.0. The number of aryl methyl sites for hydroxylation is 1. The highest BCUT2D eigenvalue weighted by Crippen LogP contribution is 2.38.